The Morgan fingerprint density at radius 1 is 1.19 bits per heavy atom. The second kappa shape index (κ2) is 7.44. The first-order chi connectivity index (χ1) is 12.8. The highest BCUT2D eigenvalue weighted by molar-refractivity contribution is 6.30. The van der Waals surface area contributed by atoms with Gasteiger partial charge in [-0.1, -0.05) is 23.7 Å². The lowest BCUT2D eigenvalue weighted by Gasteiger charge is -2.10. The zero-order valence-corrected chi connectivity index (χ0v) is 15.0. The number of hydrogen-bond acceptors (Lipinski definition) is 2. The Kier molecular flexibility index (Phi) is 5.23. The van der Waals surface area contributed by atoms with Crippen LogP contribution in [0.2, 0.25) is 5.02 Å². The maximum atomic E-state index is 12.8. The van der Waals surface area contributed by atoms with Gasteiger partial charge in [0.25, 0.3) is 5.91 Å². The summed E-state index contributed by atoms with van der Waals surface area (Å²) in [5, 5.41) is 7.42. The van der Waals surface area contributed by atoms with Crippen molar-refractivity contribution in [2.75, 3.05) is 0 Å². The molecule has 1 heterocycles. The number of nitrogens with one attached hydrogen (secondary N) is 1. The van der Waals surface area contributed by atoms with Crippen molar-refractivity contribution >= 4 is 17.5 Å². The number of carbonyl (C=O) groups is 1. The average Bonchev–Trinajstić information content (AvgIpc) is 3.01. The number of halogens is 4. The Balaban J connectivity index is 1.73. The van der Waals surface area contributed by atoms with Crippen molar-refractivity contribution in [1.29, 1.82) is 0 Å². The Morgan fingerprint density at radius 2 is 1.89 bits per heavy atom. The number of benzene rings is 2. The summed E-state index contributed by atoms with van der Waals surface area (Å²) < 4.78 is 39.9. The van der Waals surface area contributed by atoms with Crippen molar-refractivity contribution in [3.8, 4) is 5.69 Å². The molecule has 27 heavy (non-hydrogen) atoms. The summed E-state index contributed by atoms with van der Waals surface area (Å²) in [6.45, 7) is 1.72. The van der Waals surface area contributed by atoms with Gasteiger partial charge in [-0.15, -0.1) is 0 Å². The summed E-state index contributed by atoms with van der Waals surface area (Å²) in [5.74, 6) is -0.412. The van der Waals surface area contributed by atoms with Crippen LogP contribution >= 0.6 is 11.6 Å². The summed E-state index contributed by atoms with van der Waals surface area (Å²) in [6.07, 6.45) is -3.00. The molecule has 0 aliphatic heterocycles. The molecule has 0 spiro atoms. The highest BCUT2D eigenvalue weighted by Gasteiger charge is 2.30. The van der Waals surface area contributed by atoms with E-state index in [9.17, 15) is 18.0 Å². The molecule has 1 aromatic heterocycles. The van der Waals surface area contributed by atoms with Crippen molar-refractivity contribution in [3.63, 3.8) is 0 Å². The monoisotopic (exact) mass is 393 g/mol. The van der Waals surface area contributed by atoms with Crippen LogP contribution in [0.15, 0.2) is 54.7 Å². The van der Waals surface area contributed by atoms with Crippen molar-refractivity contribution in [3.05, 3.63) is 82.1 Å². The summed E-state index contributed by atoms with van der Waals surface area (Å²) >= 11 is 5.87. The fraction of sp³-hybridized carbons (Fsp3) is 0.158. The van der Waals surface area contributed by atoms with Crippen molar-refractivity contribution in [2.24, 2.45) is 0 Å². The molecule has 0 bridgehead atoms. The molecule has 3 rings (SSSR count). The van der Waals surface area contributed by atoms with Crippen LogP contribution in [-0.4, -0.2) is 15.7 Å². The molecule has 0 radical (unpaired) electrons. The van der Waals surface area contributed by atoms with Gasteiger partial charge in [0, 0.05) is 11.6 Å². The number of alkyl halides is 3. The third-order valence-corrected chi connectivity index (χ3v) is 4.28. The predicted octanol–water partition coefficient (Wildman–Crippen LogP) is 4.78. The number of rotatable bonds is 4. The Morgan fingerprint density at radius 3 is 2.56 bits per heavy atom. The molecule has 0 aliphatic carbocycles. The van der Waals surface area contributed by atoms with Crippen LogP contribution in [0.5, 0.6) is 0 Å². The average molecular weight is 394 g/mol. The Bertz CT molecular complexity index is 965. The molecule has 3 aromatic rings. The van der Waals surface area contributed by atoms with Crippen LogP contribution in [0.4, 0.5) is 13.2 Å². The highest BCUT2D eigenvalue weighted by Crippen LogP contribution is 2.29. The van der Waals surface area contributed by atoms with Gasteiger partial charge < -0.3 is 5.32 Å². The molecule has 4 nitrogen and oxygen atoms in total. The van der Waals surface area contributed by atoms with Crippen LogP contribution in [0.3, 0.4) is 0 Å². The molecule has 140 valence electrons. The Hall–Kier alpha value is -2.80. The van der Waals surface area contributed by atoms with Gasteiger partial charge in [-0.3, -0.25) is 4.79 Å². The highest BCUT2D eigenvalue weighted by atomic mass is 35.5. The van der Waals surface area contributed by atoms with Crippen molar-refractivity contribution in [1.82, 2.24) is 15.1 Å². The van der Waals surface area contributed by atoms with E-state index < -0.39 is 17.6 Å². The molecule has 1 N–H and O–H groups in total. The van der Waals surface area contributed by atoms with E-state index in [-0.39, 0.29) is 6.54 Å². The SMILES string of the molecule is Cc1c(C(=O)NCc2cccc(C(F)(F)F)c2)cnn1-c1ccc(Cl)cc1. The van der Waals surface area contributed by atoms with E-state index in [1.54, 1.807) is 35.9 Å². The first kappa shape index (κ1) is 19.0. The van der Waals surface area contributed by atoms with E-state index >= 15 is 0 Å². The maximum Gasteiger partial charge on any atom is 0.416 e. The third kappa shape index (κ3) is 4.31. The van der Waals surface area contributed by atoms with Gasteiger partial charge in [0.1, 0.15) is 0 Å². The van der Waals surface area contributed by atoms with Gasteiger partial charge in [-0.2, -0.15) is 18.3 Å². The van der Waals surface area contributed by atoms with Gasteiger partial charge in [-0.25, -0.2) is 4.68 Å². The molecule has 0 aliphatic rings. The molecule has 0 atom stereocenters. The molecule has 0 unspecified atom stereocenters. The van der Waals surface area contributed by atoms with E-state index in [0.29, 0.717) is 21.8 Å². The normalized spacial score (nSPS) is 11.4. The molecule has 0 saturated heterocycles. The molecular weight excluding hydrogens is 379 g/mol. The van der Waals surface area contributed by atoms with Crippen LogP contribution in [0.25, 0.3) is 5.69 Å². The quantitative estimate of drug-likeness (QED) is 0.693. The molecule has 1 amide bonds. The minimum atomic E-state index is -4.42. The van der Waals surface area contributed by atoms with Crippen LogP contribution in [-0.2, 0) is 12.7 Å². The predicted molar refractivity (Wildman–Crippen MR) is 95.9 cm³/mol. The van der Waals surface area contributed by atoms with Crippen molar-refractivity contribution < 1.29 is 18.0 Å². The second-order valence-corrected chi connectivity index (χ2v) is 6.35. The minimum absolute atomic E-state index is 0.0195. The van der Waals surface area contributed by atoms with Crippen LogP contribution in [0, 0.1) is 6.92 Å². The summed E-state index contributed by atoms with van der Waals surface area (Å²) in [6, 6.07) is 11.8. The zero-order chi connectivity index (χ0) is 19.6. The number of carbonyl (C=O) groups excluding carboxylic acids is 1. The smallest absolute Gasteiger partial charge is 0.348 e. The number of nitrogens with zero attached hydrogens (tertiary/aromatic N) is 2. The molecule has 0 saturated carbocycles. The van der Waals surface area contributed by atoms with Gasteiger partial charge in [0.05, 0.1) is 28.7 Å². The third-order valence-electron chi connectivity index (χ3n) is 4.03. The summed E-state index contributed by atoms with van der Waals surface area (Å²) in [7, 11) is 0. The fourth-order valence-corrected chi connectivity index (χ4v) is 2.74. The fourth-order valence-electron chi connectivity index (χ4n) is 2.61. The summed E-state index contributed by atoms with van der Waals surface area (Å²) in [5.41, 5.74) is 1.31. The number of aromatic nitrogens is 2. The van der Waals surface area contributed by atoms with Gasteiger partial charge in [-0.05, 0) is 48.9 Å². The topological polar surface area (TPSA) is 46.9 Å². The number of hydrogen-bond donors (Lipinski definition) is 1. The first-order valence-corrected chi connectivity index (χ1v) is 8.38. The Labute approximate surface area is 158 Å². The van der Waals surface area contributed by atoms with Gasteiger partial charge in [0.15, 0.2) is 0 Å². The van der Waals surface area contributed by atoms with E-state index in [1.165, 1.54) is 18.3 Å². The maximum absolute atomic E-state index is 12.8. The largest absolute Gasteiger partial charge is 0.416 e. The second-order valence-electron chi connectivity index (χ2n) is 5.91. The summed E-state index contributed by atoms with van der Waals surface area (Å²) in [4.78, 5) is 12.4. The zero-order valence-electron chi connectivity index (χ0n) is 14.2. The van der Waals surface area contributed by atoms with Crippen molar-refractivity contribution in [2.45, 2.75) is 19.6 Å². The lowest BCUT2D eigenvalue weighted by atomic mass is 10.1. The van der Waals surface area contributed by atoms with Crippen LogP contribution in [0.1, 0.15) is 27.2 Å². The van der Waals surface area contributed by atoms with E-state index in [1.807, 2.05) is 0 Å². The molecule has 2 aromatic carbocycles. The van der Waals surface area contributed by atoms with E-state index in [2.05, 4.69) is 10.4 Å². The molecular formula is C19H15ClF3N3O. The van der Waals surface area contributed by atoms with E-state index in [4.69, 9.17) is 11.6 Å². The number of amides is 1. The lowest BCUT2D eigenvalue weighted by Crippen LogP contribution is -2.23. The minimum Gasteiger partial charge on any atom is -0.348 e. The molecule has 8 heteroatoms. The first-order valence-electron chi connectivity index (χ1n) is 8.00. The molecule has 0 fully saturated rings. The van der Waals surface area contributed by atoms with Crippen LogP contribution < -0.4 is 5.32 Å². The van der Waals surface area contributed by atoms with Gasteiger partial charge >= 0.3 is 6.18 Å². The lowest BCUT2D eigenvalue weighted by molar-refractivity contribution is -0.137. The van der Waals surface area contributed by atoms with E-state index in [0.717, 1.165) is 17.8 Å². The standard InChI is InChI=1S/C19H15ClF3N3O/c1-12-17(11-25-26(12)16-7-5-15(20)6-8-16)18(27)24-10-13-3-2-4-14(9-13)19(21,22)23/h2-9,11H,10H2,1H3,(H,24,27). The van der Waals surface area contributed by atoms with Gasteiger partial charge in [0.2, 0.25) is 0 Å².